The molecule has 0 aliphatic rings. The molecular weight excluding hydrogens is 230 g/mol. The molecule has 0 saturated heterocycles. The summed E-state index contributed by atoms with van der Waals surface area (Å²) in [6.45, 7) is 6.64. The molecule has 0 bridgehead atoms. The number of thiol groups is 1. The number of carbonyl (C=O) groups is 2. The SMILES string of the molecule is CCC(N)C(S)(C(=O)O)C(=O)OC(C)(C)C. The van der Waals surface area contributed by atoms with Crippen LogP contribution in [-0.2, 0) is 14.3 Å². The molecule has 0 heterocycles. The molecule has 0 spiro atoms. The number of aliphatic carboxylic acids is 1. The first kappa shape index (κ1) is 15.2. The Balaban J connectivity index is 5.08. The average molecular weight is 249 g/mol. The van der Waals surface area contributed by atoms with Crippen LogP contribution >= 0.6 is 12.6 Å². The smallest absolute Gasteiger partial charge is 0.335 e. The molecule has 0 aliphatic heterocycles. The van der Waals surface area contributed by atoms with Crippen molar-refractivity contribution in [2.45, 2.75) is 50.5 Å². The summed E-state index contributed by atoms with van der Waals surface area (Å²) in [5.41, 5.74) is 4.84. The lowest BCUT2D eigenvalue weighted by Gasteiger charge is -2.31. The van der Waals surface area contributed by atoms with E-state index in [0.29, 0.717) is 6.42 Å². The predicted molar refractivity (Wildman–Crippen MR) is 63.5 cm³/mol. The molecule has 0 aromatic carbocycles. The molecule has 0 fully saturated rings. The fourth-order valence-electron chi connectivity index (χ4n) is 1.05. The van der Waals surface area contributed by atoms with Gasteiger partial charge in [0, 0.05) is 6.04 Å². The second-order valence-corrected chi connectivity index (χ2v) is 5.29. The summed E-state index contributed by atoms with van der Waals surface area (Å²) in [4.78, 5) is 22.9. The van der Waals surface area contributed by atoms with E-state index in [1.165, 1.54) is 0 Å². The topological polar surface area (TPSA) is 89.6 Å². The molecule has 0 radical (unpaired) electrons. The number of hydrogen-bond donors (Lipinski definition) is 3. The number of carbonyl (C=O) groups excluding carboxylic acids is 1. The predicted octanol–water partition coefficient (Wildman–Crippen LogP) is 0.819. The highest BCUT2D eigenvalue weighted by atomic mass is 32.1. The number of hydrogen-bond acceptors (Lipinski definition) is 5. The molecule has 94 valence electrons. The molecule has 0 aromatic heterocycles. The molecule has 3 N–H and O–H groups in total. The van der Waals surface area contributed by atoms with Crippen LogP contribution in [0, 0.1) is 0 Å². The van der Waals surface area contributed by atoms with Gasteiger partial charge in [-0.25, -0.2) is 4.79 Å². The van der Waals surface area contributed by atoms with Crippen molar-refractivity contribution < 1.29 is 19.4 Å². The van der Waals surface area contributed by atoms with Crippen LogP contribution < -0.4 is 5.73 Å². The lowest BCUT2D eigenvalue weighted by atomic mass is 9.97. The Morgan fingerprint density at radius 1 is 1.44 bits per heavy atom. The van der Waals surface area contributed by atoms with E-state index in [2.05, 4.69) is 12.6 Å². The van der Waals surface area contributed by atoms with Crippen molar-refractivity contribution >= 4 is 24.6 Å². The zero-order valence-corrected chi connectivity index (χ0v) is 10.9. The first-order valence-corrected chi connectivity index (χ1v) is 5.45. The van der Waals surface area contributed by atoms with Gasteiger partial charge in [0.05, 0.1) is 0 Å². The van der Waals surface area contributed by atoms with Crippen molar-refractivity contribution in [1.29, 1.82) is 0 Å². The van der Waals surface area contributed by atoms with E-state index >= 15 is 0 Å². The molecule has 16 heavy (non-hydrogen) atoms. The second kappa shape index (κ2) is 5.05. The van der Waals surface area contributed by atoms with E-state index in [1.54, 1.807) is 27.7 Å². The van der Waals surface area contributed by atoms with Gasteiger partial charge in [0.2, 0.25) is 4.75 Å². The van der Waals surface area contributed by atoms with E-state index in [0.717, 1.165) is 0 Å². The quantitative estimate of drug-likeness (QED) is 0.390. The van der Waals surface area contributed by atoms with Crippen molar-refractivity contribution in [3.05, 3.63) is 0 Å². The summed E-state index contributed by atoms with van der Waals surface area (Å²) in [6.07, 6.45) is 0.315. The van der Waals surface area contributed by atoms with E-state index in [-0.39, 0.29) is 0 Å². The Labute approximate surface area is 101 Å². The molecule has 0 rings (SSSR count). The molecule has 0 aromatic rings. The molecule has 2 atom stereocenters. The van der Waals surface area contributed by atoms with E-state index in [1.807, 2.05) is 0 Å². The maximum absolute atomic E-state index is 11.8. The van der Waals surface area contributed by atoms with E-state index in [4.69, 9.17) is 15.6 Å². The number of ether oxygens (including phenoxy) is 1. The largest absolute Gasteiger partial charge is 0.480 e. The maximum Gasteiger partial charge on any atom is 0.335 e. The third-order valence-electron chi connectivity index (χ3n) is 2.01. The summed E-state index contributed by atoms with van der Waals surface area (Å²) >= 11 is 3.90. The average Bonchev–Trinajstić information content (AvgIpc) is 2.11. The first-order valence-electron chi connectivity index (χ1n) is 5.00. The number of carboxylic acid groups (broad SMARTS) is 1. The van der Waals surface area contributed by atoms with Crippen LogP contribution in [0.25, 0.3) is 0 Å². The highest BCUT2D eigenvalue weighted by molar-refractivity contribution is 7.83. The Kier molecular flexibility index (Phi) is 4.82. The van der Waals surface area contributed by atoms with Gasteiger partial charge in [-0.3, -0.25) is 4.79 Å². The van der Waals surface area contributed by atoms with Gasteiger partial charge in [-0.05, 0) is 27.2 Å². The number of rotatable bonds is 4. The molecular formula is C10H19NO4S. The van der Waals surface area contributed by atoms with Crippen LogP contribution in [0.1, 0.15) is 34.1 Å². The van der Waals surface area contributed by atoms with Crippen LogP contribution in [0.15, 0.2) is 0 Å². The molecule has 5 nitrogen and oxygen atoms in total. The van der Waals surface area contributed by atoms with Crippen molar-refractivity contribution in [3.63, 3.8) is 0 Å². The van der Waals surface area contributed by atoms with Crippen molar-refractivity contribution in [1.82, 2.24) is 0 Å². The minimum Gasteiger partial charge on any atom is -0.480 e. The van der Waals surface area contributed by atoms with Gasteiger partial charge in [-0.15, -0.1) is 12.6 Å². The standard InChI is InChI=1S/C10H19NO4S/c1-5-6(11)10(16,7(12)13)8(14)15-9(2,3)4/h6,16H,5,11H2,1-4H3,(H,12,13). The first-order chi connectivity index (χ1) is 7.05. The molecule has 0 amide bonds. The van der Waals surface area contributed by atoms with Gasteiger partial charge < -0.3 is 15.6 Å². The van der Waals surface area contributed by atoms with Crippen LogP contribution in [0.3, 0.4) is 0 Å². The number of nitrogens with two attached hydrogens (primary N) is 1. The fourth-order valence-corrected chi connectivity index (χ4v) is 1.28. The van der Waals surface area contributed by atoms with Crippen LogP contribution in [0.2, 0.25) is 0 Å². The lowest BCUT2D eigenvalue weighted by Crippen LogP contribution is -2.57. The normalized spacial score (nSPS) is 17.4. The van der Waals surface area contributed by atoms with Crippen LogP contribution in [0.4, 0.5) is 0 Å². The van der Waals surface area contributed by atoms with E-state index in [9.17, 15) is 9.59 Å². The Bertz CT molecular complexity index is 287. The minimum atomic E-state index is -2.00. The lowest BCUT2D eigenvalue weighted by molar-refractivity contribution is -0.164. The zero-order chi connectivity index (χ0) is 13.1. The summed E-state index contributed by atoms with van der Waals surface area (Å²) in [6, 6.07) is -0.900. The molecule has 0 aliphatic carbocycles. The summed E-state index contributed by atoms with van der Waals surface area (Å²) in [5.74, 6) is -2.32. The van der Waals surface area contributed by atoms with Gasteiger partial charge in [0.15, 0.2) is 0 Å². The summed E-state index contributed by atoms with van der Waals surface area (Å²) in [7, 11) is 0. The van der Waals surface area contributed by atoms with Crippen molar-refractivity contribution in [3.8, 4) is 0 Å². The highest BCUT2D eigenvalue weighted by Crippen LogP contribution is 2.25. The van der Waals surface area contributed by atoms with Crippen LogP contribution in [-0.4, -0.2) is 33.4 Å². The molecule has 0 saturated carbocycles. The van der Waals surface area contributed by atoms with Gasteiger partial charge in [-0.2, -0.15) is 0 Å². The molecule has 6 heteroatoms. The fraction of sp³-hybridized carbons (Fsp3) is 0.800. The maximum atomic E-state index is 11.8. The summed E-state index contributed by atoms with van der Waals surface area (Å²) in [5, 5.41) is 9.04. The van der Waals surface area contributed by atoms with Crippen LogP contribution in [0.5, 0.6) is 0 Å². The molecule has 2 unspecified atom stereocenters. The second-order valence-electron chi connectivity index (χ2n) is 4.59. The Hall–Kier alpha value is -0.750. The van der Waals surface area contributed by atoms with Gasteiger partial charge in [0.25, 0.3) is 0 Å². The Morgan fingerprint density at radius 2 is 1.88 bits per heavy atom. The third kappa shape index (κ3) is 3.38. The zero-order valence-electron chi connectivity index (χ0n) is 9.98. The van der Waals surface area contributed by atoms with Gasteiger partial charge in [-0.1, -0.05) is 6.92 Å². The van der Waals surface area contributed by atoms with Crippen molar-refractivity contribution in [2.24, 2.45) is 5.73 Å². The summed E-state index contributed by atoms with van der Waals surface area (Å²) < 4.78 is 3.01. The number of carboxylic acids is 1. The third-order valence-corrected chi connectivity index (χ3v) is 2.72. The van der Waals surface area contributed by atoms with Crippen molar-refractivity contribution in [2.75, 3.05) is 0 Å². The van der Waals surface area contributed by atoms with Gasteiger partial charge >= 0.3 is 11.9 Å². The number of esters is 1. The highest BCUT2D eigenvalue weighted by Gasteiger charge is 2.50. The minimum absolute atomic E-state index is 0.315. The van der Waals surface area contributed by atoms with E-state index < -0.39 is 28.3 Å². The monoisotopic (exact) mass is 249 g/mol. The Morgan fingerprint density at radius 3 is 2.12 bits per heavy atom. The van der Waals surface area contributed by atoms with Gasteiger partial charge in [0.1, 0.15) is 5.60 Å².